The van der Waals surface area contributed by atoms with Gasteiger partial charge in [0.25, 0.3) is 11.8 Å². The van der Waals surface area contributed by atoms with Crippen LogP contribution in [0.4, 0.5) is 5.69 Å². The molecule has 2 N–H and O–H groups in total. The summed E-state index contributed by atoms with van der Waals surface area (Å²) in [5.74, 6) is -0.287. The van der Waals surface area contributed by atoms with Gasteiger partial charge in [-0.25, -0.2) is 0 Å². The van der Waals surface area contributed by atoms with E-state index >= 15 is 0 Å². The molecule has 0 aliphatic carbocycles. The van der Waals surface area contributed by atoms with E-state index in [1.54, 1.807) is 12.1 Å². The van der Waals surface area contributed by atoms with Gasteiger partial charge in [0.05, 0.1) is 23.8 Å². The molecule has 2 aromatic rings. The summed E-state index contributed by atoms with van der Waals surface area (Å²) in [4.78, 5) is 28.9. The van der Waals surface area contributed by atoms with E-state index in [1.807, 2.05) is 43.3 Å². The second kappa shape index (κ2) is 9.47. The molecule has 30 heavy (non-hydrogen) atoms. The molecule has 0 atom stereocenters. The van der Waals surface area contributed by atoms with Gasteiger partial charge in [0, 0.05) is 36.6 Å². The first-order chi connectivity index (χ1) is 14.6. The van der Waals surface area contributed by atoms with Crippen molar-refractivity contribution < 1.29 is 14.3 Å². The Bertz CT molecular complexity index is 983. The van der Waals surface area contributed by atoms with Gasteiger partial charge >= 0.3 is 0 Å². The van der Waals surface area contributed by atoms with Crippen LogP contribution in [0.15, 0.2) is 52.3 Å². The molecule has 2 aromatic carbocycles. The van der Waals surface area contributed by atoms with Crippen LogP contribution in [0.1, 0.15) is 21.5 Å². The third-order valence-corrected chi connectivity index (χ3v) is 6.19. The molecule has 2 heterocycles. The van der Waals surface area contributed by atoms with Crippen molar-refractivity contribution in [2.75, 3.05) is 44.7 Å². The van der Waals surface area contributed by atoms with Crippen LogP contribution in [0.25, 0.3) is 6.08 Å². The van der Waals surface area contributed by atoms with E-state index in [1.165, 1.54) is 11.8 Å². The number of nitrogens with one attached hydrogen (secondary N) is 2. The van der Waals surface area contributed by atoms with Gasteiger partial charge in [-0.2, -0.15) is 0 Å². The van der Waals surface area contributed by atoms with E-state index in [9.17, 15) is 9.59 Å². The quantitative estimate of drug-likeness (QED) is 0.723. The van der Waals surface area contributed by atoms with Crippen molar-refractivity contribution in [3.8, 4) is 0 Å². The van der Waals surface area contributed by atoms with Crippen molar-refractivity contribution in [1.82, 2.24) is 10.2 Å². The second-order valence-corrected chi connectivity index (χ2v) is 8.48. The summed E-state index contributed by atoms with van der Waals surface area (Å²) < 4.78 is 5.33. The van der Waals surface area contributed by atoms with Crippen LogP contribution in [0.3, 0.4) is 0 Å². The number of benzene rings is 2. The second-order valence-electron chi connectivity index (χ2n) is 7.40. The number of morpholine rings is 1. The van der Waals surface area contributed by atoms with Crippen LogP contribution < -0.4 is 10.6 Å². The zero-order valence-corrected chi connectivity index (χ0v) is 17.8. The highest BCUT2D eigenvalue weighted by molar-refractivity contribution is 8.04. The smallest absolute Gasteiger partial charge is 0.262 e. The first kappa shape index (κ1) is 20.7. The van der Waals surface area contributed by atoms with Crippen LogP contribution in [0, 0.1) is 6.92 Å². The van der Waals surface area contributed by atoms with Gasteiger partial charge in [-0.05, 0) is 36.8 Å². The van der Waals surface area contributed by atoms with Gasteiger partial charge in [0.15, 0.2) is 0 Å². The largest absolute Gasteiger partial charge is 0.379 e. The van der Waals surface area contributed by atoms with E-state index < -0.39 is 0 Å². The lowest BCUT2D eigenvalue weighted by Gasteiger charge is -2.26. The Balaban J connectivity index is 1.40. The van der Waals surface area contributed by atoms with E-state index in [4.69, 9.17) is 4.74 Å². The Hall–Kier alpha value is -2.61. The van der Waals surface area contributed by atoms with E-state index in [-0.39, 0.29) is 11.8 Å². The number of rotatable bonds is 5. The maximum absolute atomic E-state index is 12.6. The van der Waals surface area contributed by atoms with Crippen LogP contribution in [-0.2, 0) is 9.53 Å². The third-order valence-electron chi connectivity index (χ3n) is 5.09. The SMILES string of the molecule is Cc1cccc(C=C2Sc3ccc(C(=O)NCCN4CCOCC4)cc3NC2=O)c1. The van der Waals surface area contributed by atoms with Gasteiger partial charge in [-0.1, -0.05) is 41.6 Å². The van der Waals surface area contributed by atoms with Crippen LogP contribution in [0.5, 0.6) is 0 Å². The molecule has 0 saturated carbocycles. The number of carbonyl (C=O) groups excluding carboxylic acids is 2. The number of aryl methyl sites for hydroxylation is 1. The molecule has 0 aromatic heterocycles. The maximum Gasteiger partial charge on any atom is 0.262 e. The molecule has 4 rings (SSSR count). The summed E-state index contributed by atoms with van der Waals surface area (Å²) in [7, 11) is 0. The molecule has 0 spiro atoms. The number of fused-ring (bicyclic) bond motifs is 1. The molecule has 0 bridgehead atoms. The Morgan fingerprint density at radius 2 is 2.07 bits per heavy atom. The average molecular weight is 424 g/mol. The minimum Gasteiger partial charge on any atom is -0.379 e. The summed E-state index contributed by atoms with van der Waals surface area (Å²) in [6.07, 6.45) is 1.89. The molecule has 2 aliphatic rings. The molecule has 156 valence electrons. The summed E-state index contributed by atoms with van der Waals surface area (Å²) in [5, 5.41) is 5.88. The number of nitrogens with zero attached hydrogens (tertiary/aromatic N) is 1. The average Bonchev–Trinajstić information content (AvgIpc) is 2.75. The molecule has 2 aliphatic heterocycles. The lowest BCUT2D eigenvalue weighted by Crippen LogP contribution is -2.41. The van der Waals surface area contributed by atoms with Crippen LogP contribution in [-0.4, -0.2) is 56.1 Å². The Morgan fingerprint density at radius 1 is 1.23 bits per heavy atom. The Morgan fingerprint density at radius 3 is 2.87 bits per heavy atom. The molecule has 1 fully saturated rings. The Labute approximate surface area is 180 Å². The molecule has 0 radical (unpaired) electrons. The highest BCUT2D eigenvalue weighted by Crippen LogP contribution is 2.39. The van der Waals surface area contributed by atoms with Gasteiger partial charge in [0.1, 0.15) is 0 Å². The van der Waals surface area contributed by atoms with Gasteiger partial charge in [-0.3, -0.25) is 14.5 Å². The lowest BCUT2D eigenvalue weighted by atomic mass is 10.1. The maximum atomic E-state index is 12.6. The number of ether oxygens (including phenoxy) is 1. The fraction of sp³-hybridized carbons (Fsp3) is 0.304. The van der Waals surface area contributed by atoms with Crippen molar-refractivity contribution in [1.29, 1.82) is 0 Å². The zero-order valence-electron chi connectivity index (χ0n) is 16.9. The number of amides is 2. The number of hydrogen-bond acceptors (Lipinski definition) is 5. The van der Waals surface area contributed by atoms with E-state index in [2.05, 4.69) is 15.5 Å². The van der Waals surface area contributed by atoms with Crippen molar-refractivity contribution >= 4 is 35.3 Å². The summed E-state index contributed by atoms with van der Waals surface area (Å²) in [6.45, 7) is 6.71. The van der Waals surface area contributed by atoms with Crippen molar-refractivity contribution in [3.05, 3.63) is 64.1 Å². The highest BCUT2D eigenvalue weighted by atomic mass is 32.2. The molecule has 6 nitrogen and oxygen atoms in total. The summed E-state index contributed by atoms with van der Waals surface area (Å²) >= 11 is 1.42. The van der Waals surface area contributed by atoms with Gasteiger partial charge in [-0.15, -0.1) is 0 Å². The number of anilines is 1. The molecular formula is C23H25N3O3S. The number of carbonyl (C=O) groups is 2. The highest BCUT2D eigenvalue weighted by Gasteiger charge is 2.22. The van der Waals surface area contributed by atoms with E-state index in [0.29, 0.717) is 22.7 Å². The fourth-order valence-electron chi connectivity index (χ4n) is 3.47. The van der Waals surface area contributed by atoms with Crippen molar-refractivity contribution in [3.63, 3.8) is 0 Å². The fourth-order valence-corrected chi connectivity index (χ4v) is 4.40. The van der Waals surface area contributed by atoms with Crippen molar-refractivity contribution in [2.45, 2.75) is 11.8 Å². The first-order valence-corrected chi connectivity index (χ1v) is 10.9. The predicted octanol–water partition coefficient (Wildman–Crippen LogP) is 3.14. The predicted molar refractivity (Wildman–Crippen MR) is 120 cm³/mol. The summed E-state index contributed by atoms with van der Waals surface area (Å²) in [6, 6.07) is 13.5. The van der Waals surface area contributed by atoms with Crippen LogP contribution in [0.2, 0.25) is 0 Å². The molecular weight excluding hydrogens is 398 g/mol. The number of thioether (sulfide) groups is 1. The normalized spacial score (nSPS) is 18.0. The summed E-state index contributed by atoms with van der Waals surface area (Å²) in [5.41, 5.74) is 3.36. The van der Waals surface area contributed by atoms with E-state index in [0.717, 1.165) is 48.9 Å². The first-order valence-electron chi connectivity index (χ1n) is 10.1. The lowest BCUT2D eigenvalue weighted by molar-refractivity contribution is -0.112. The zero-order chi connectivity index (χ0) is 20.9. The monoisotopic (exact) mass is 423 g/mol. The van der Waals surface area contributed by atoms with Crippen LogP contribution >= 0.6 is 11.8 Å². The van der Waals surface area contributed by atoms with Gasteiger partial charge in [0.2, 0.25) is 0 Å². The number of hydrogen-bond donors (Lipinski definition) is 2. The van der Waals surface area contributed by atoms with Crippen molar-refractivity contribution in [2.24, 2.45) is 0 Å². The Kier molecular flexibility index (Phi) is 6.52. The molecule has 7 heteroatoms. The standard InChI is InChI=1S/C23H25N3O3S/c1-16-3-2-4-17(13-16)14-21-23(28)25-19-15-18(5-6-20(19)30-21)22(27)24-7-8-26-9-11-29-12-10-26/h2-6,13-15H,7-12H2,1H3,(H,24,27)(H,25,28). The third kappa shape index (κ3) is 5.11. The van der Waals surface area contributed by atoms with Gasteiger partial charge < -0.3 is 15.4 Å². The molecule has 0 unspecified atom stereocenters. The molecule has 1 saturated heterocycles. The minimum absolute atomic E-state index is 0.133. The molecule has 2 amide bonds. The topological polar surface area (TPSA) is 70.7 Å². The minimum atomic E-state index is -0.154.